The SMILES string of the molecule is CCCC1(CNCCC2CCCCC2)CC1. The van der Waals surface area contributed by atoms with Gasteiger partial charge in [-0.1, -0.05) is 45.4 Å². The predicted molar refractivity (Wildman–Crippen MR) is 70.6 cm³/mol. The molecule has 1 nitrogen and oxygen atoms in total. The average Bonchev–Trinajstić information content (AvgIpc) is 3.07. The van der Waals surface area contributed by atoms with E-state index in [1.165, 1.54) is 77.3 Å². The van der Waals surface area contributed by atoms with Crippen LogP contribution < -0.4 is 5.32 Å². The average molecular weight is 223 g/mol. The molecule has 0 aromatic heterocycles. The van der Waals surface area contributed by atoms with E-state index in [0.717, 1.165) is 11.3 Å². The van der Waals surface area contributed by atoms with Crippen molar-refractivity contribution in [2.75, 3.05) is 13.1 Å². The molecule has 1 N–H and O–H groups in total. The van der Waals surface area contributed by atoms with Gasteiger partial charge in [0.15, 0.2) is 0 Å². The van der Waals surface area contributed by atoms with Gasteiger partial charge in [-0.2, -0.15) is 0 Å². The predicted octanol–water partition coefficient (Wildman–Crippen LogP) is 4.13. The van der Waals surface area contributed by atoms with Gasteiger partial charge in [0.2, 0.25) is 0 Å². The van der Waals surface area contributed by atoms with Crippen LogP contribution in [0.15, 0.2) is 0 Å². The van der Waals surface area contributed by atoms with E-state index in [1.807, 2.05) is 0 Å². The van der Waals surface area contributed by atoms with E-state index in [-0.39, 0.29) is 0 Å². The van der Waals surface area contributed by atoms with Gasteiger partial charge in [0, 0.05) is 6.54 Å². The highest BCUT2D eigenvalue weighted by molar-refractivity contribution is 4.94. The molecule has 2 fully saturated rings. The molecule has 0 aromatic rings. The van der Waals surface area contributed by atoms with Gasteiger partial charge in [0.05, 0.1) is 0 Å². The molecule has 0 amide bonds. The summed E-state index contributed by atoms with van der Waals surface area (Å²) in [7, 11) is 0. The highest BCUT2D eigenvalue weighted by atomic mass is 14.9. The van der Waals surface area contributed by atoms with Gasteiger partial charge in [-0.15, -0.1) is 0 Å². The molecular formula is C15H29N. The van der Waals surface area contributed by atoms with Crippen LogP contribution in [0.2, 0.25) is 0 Å². The lowest BCUT2D eigenvalue weighted by Gasteiger charge is -2.22. The zero-order valence-electron chi connectivity index (χ0n) is 11.1. The van der Waals surface area contributed by atoms with Crippen LogP contribution in [-0.2, 0) is 0 Å². The van der Waals surface area contributed by atoms with Crippen molar-refractivity contribution in [3.63, 3.8) is 0 Å². The van der Waals surface area contributed by atoms with Crippen molar-refractivity contribution in [2.24, 2.45) is 11.3 Å². The minimum absolute atomic E-state index is 0.737. The van der Waals surface area contributed by atoms with Crippen LogP contribution in [0.4, 0.5) is 0 Å². The summed E-state index contributed by atoms with van der Waals surface area (Å²) >= 11 is 0. The fraction of sp³-hybridized carbons (Fsp3) is 1.00. The van der Waals surface area contributed by atoms with E-state index >= 15 is 0 Å². The second-order valence-corrected chi connectivity index (χ2v) is 6.22. The first-order chi connectivity index (χ1) is 7.85. The van der Waals surface area contributed by atoms with Gasteiger partial charge < -0.3 is 5.32 Å². The molecule has 2 rings (SSSR count). The molecule has 2 aliphatic carbocycles. The molecule has 0 spiro atoms. The van der Waals surface area contributed by atoms with Crippen molar-refractivity contribution in [3.8, 4) is 0 Å². The van der Waals surface area contributed by atoms with Crippen molar-refractivity contribution in [2.45, 2.75) is 71.1 Å². The molecule has 16 heavy (non-hydrogen) atoms. The second-order valence-electron chi connectivity index (χ2n) is 6.22. The minimum Gasteiger partial charge on any atom is -0.316 e. The number of hydrogen-bond acceptors (Lipinski definition) is 1. The summed E-state index contributed by atoms with van der Waals surface area (Å²) in [6.45, 7) is 4.89. The summed E-state index contributed by atoms with van der Waals surface area (Å²) in [5, 5.41) is 3.72. The summed E-state index contributed by atoms with van der Waals surface area (Å²) in [5.74, 6) is 1.04. The van der Waals surface area contributed by atoms with E-state index in [1.54, 1.807) is 0 Å². The Balaban J connectivity index is 1.51. The molecule has 0 radical (unpaired) electrons. The van der Waals surface area contributed by atoms with Gasteiger partial charge >= 0.3 is 0 Å². The van der Waals surface area contributed by atoms with Gasteiger partial charge in [-0.05, 0) is 43.6 Å². The van der Waals surface area contributed by atoms with Crippen LogP contribution in [0.5, 0.6) is 0 Å². The van der Waals surface area contributed by atoms with Gasteiger partial charge in [-0.25, -0.2) is 0 Å². The van der Waals surface area contributed by atoms with E-state index < -0.39 is 0 Å². The third kappa shape index (κ3) is 3.76. The maximum atomic E-state index is 3.72. The minimum atomic E-state index is 0.737. The van der Waals surface area contributed by atoms with Crippen molar-refractivity contribution in [1.29, 1.82) is 0 Å². The molecule has 94 valence electrons. The summed E-state index contributed by atoms with van der Waals surface area (Å²) in [4.78, 5) is 0. The molecule has 2 aliphatic rings. The first kappa shape index (κ1) is 12.4. The molecule has 0 unspecified atom stereocenters. The first-order valence-corrected chi connectivity index (χ1v) is 7.55. The van der Waals surface area contributed by atoms with E-state index in [0.29, 0.717) is 0 Å². The van der Waals surface area contributed by atoms with E-state index in [4.69, 9.17) is 0 Å². The third-order valence-electron chi connectivity index (χ3n) is 4.69. The topological polar surface area (TPSA) is 12.0 Å². The summed E-state index contributed by atoms with van der Waals surface area (Å²) in [5.41, 5.74) is 0.737. The van der Waals surface area contributed by atoms with Crippen molar-refractivity contribution < 1.29 is 0 Å². The molecule has 1 heteroatoms. The van der Waals surface area contributed by atoms with Crippen LogP contribution in [-0.4, -0.2) is 13.1 Å². The van der Waals surface area contributed by atoms with E-state index in [9.17, 15) is 0 Å². The standard InChI is InChI=1S/C15H29N/c1-2-9-15(10-11-15)13-16-12-8-14-6-4-3-5-7-14/h14,16H,2-13H2,1H3. The Labute approximate surface area is 101 Å². The number of hydrogen-bond donors (Lipinski definition) is 1. The molecule has 2 saturated carbocycles. The lowest BCUT2D eigenvalue weighted by Crippen LogP contribution is -2.26. The Morgan fingerprint density at radius 1 is 1.12 bits per heavy atom. The fourth-order valence-electron chi connectivity index (χ4n) is 3.36. The van der Waals surface area contributed by atoms with Crippen LogP contribution in [0.3, 0.4) is 0 Å². The summed E-state index contributed by atoms with van der Waals surface area (Å²) < 4.78 is 0. The monoisotopic (exact) mass is 223 g/mol. The quantitative estimate of drug-likeness (QED) is 0.640. The molecular weight excluding hydrogens is 194 g/mol. The van der Waals surface area contributed by atoms with Crippen LogP contribution in [0.25, 0.3) is 0 Å². The highest BCUT2D eigenvalue weighted by Crippen LogP contribution is 2.48. The third-order valence-corrected chi connectivity index (χ3v) is 4.69. The Bertz CT molecular complexity index is 190. The van der Waals surface area contributed by atoms with Crippen LogP contribution in [0, 0.1) is 11.3 Å². The van der Waals surface area contributed by atoms with E-state index in [2.05, 4.69) is 12.2 Å². The first-order valence-electron chi connectivity index (χ1n) is 7.55. The zero-order chi connectivity index (χ0) is 11.3. The van der Waals surface area contributed by atoms with Crippen LogP contribution >= 0.6 is 0 Å². The number of nitrogens with one attached hydrogen (secondary N) is 1. The second kappa shape index (κ2) is 6.05. The lowest BCUT2D eigenvalue weighted by atomic mass is 9.87. The normalized spacial score (nSPS) is 24.6. The highest BCUT2D eigenvalue weighted by Gasteiger charge is 2.40. The molecule has 0 atom stereocenters. The fourth-order valence-corrected chi connectivity index (χ4v) is 3.36. The van der Waals surface area contributed by atoms with Crippen LogP contribution in [0.1, 0.15) is 71.1 Å². The summed E-state index contributed by atoms with van der Waals surface area (Å²) in [6, 6.07) is 0. The Morgan fingerprint density at radius 3 is 2.50 bits per heavy atom. The smallest absolute Gasteiger partial charge is 0.000781 e. The lowest BCUT2D eigenvalue weighted by molar-refractivity contribution is 0.325. The molecule has 0 aliphatic heterocycles. The van der Waals surface area contributed by atoms with Gasteiger partial charge in [-0.3, -0.25) is 0 Å². The van der Waals surface area contributed by atoms with Crippen molar-refractivity contribution in [3.05, 3.63) is 0 Å². The van der Waals surface area contributed by atoms with Gasteiger partial charge in [0.25, 0.3) is 0 Å². The van der Waals surface area contributed by atoms with Crippen molar-refractivity contribution >= 4 is 0 Å². The Kier molecular flexibility index (Phi) is 4.69. The largest absolute Gasteiger partial charge is 0.316 e. The van der Waals surface area contributed by atoms with Gasteiger partial charge in [0.1, 0.15) is 0 Å². The number of rotatable bonds is 7. The Morgan fingerprint density at radius 2 is 1.88 bits per heavy atom. The maximum absolute atomic E-state index is 3.72. The zero-order valence-corrected chi connectivity index (χ0v) is 11.1. The summed E-state index contributed by atoms with van der Waals surface area (Å²) in [6.07, 6.45) is 14.7. The molecule has 0 heterocycles. The Hall–Kier alpha value is -0.0400. The molecule has 0 saturated heterocycles. The molecule has 0 aromatic carbocycles. The molecule has 0 bridgehead atoms. The maximum Gasteiger partial charge on any atom is 0.000781 e. The van der Waals surface area contributed by atoms with Crippen molar-refractivity contribution in [1.82, 2.24) is 5.32 Å².